The Morgan fingerprint density at radius 1 is 1.04 bits per heavy atom. The Labute approximate surface area is 182 Å². The standard InChI is InChI=1S/C18H26I2N2O4/c1-3-4-5-6-9-26-14-8-7-13(10-15(14)25-2)18(21-16(23)11-19)22-17(24)12-20/h7-8,10,18H,3-6,9,11-12H2,1-2H3,(H,21,23)(H,22,24). The first-order chi connectivity index (χ1) is 12.5. The quantitative estimate of drug-likeness (QED) is 0.169. The molecule has 2 N–H and O–H groups in total. The van der Waals surface area contributed by atoms with E-state index in [9.17, 15) is 9.59 Å². The lowest BCUT2D eigenvalue weighted by Gasteiger charge is -2.21. The molecule has 0 aromatic heterocycles. The van der Waals surface area contributed by atoms with Crippen molar-refractivity contribution < 1.29 is 19.1 Å². The van der Waals surface area contributed by atoms with Gasteiger partial charge in [0.05, 0.1) is 22.6 Å². The smallest absolute Gasteiger partial charge is 0.231 e. The summed E-state index contributed by atoms with van der Waals surface area (Å²) in [6.07, 6.45) is 3.93. The van der Waals surface area contributed by atoms with Gasteiger partial charge in [0.25, 0.3) is 0 Å². The summed E-state index contributed by atoms with van der Waals surface area (Å²) in [5, 5.41) is 5.61. The van der Waals surface area contributed by atoms with Crippen molar-refractivity contribution in [2.24, 2.45) is 0 Å². The molecule has 0 unspecified atom stereocenters. The first-order valence-corrected chi connectivity index (χ1v) is 11.6. The van der Waals surface area contributed by atoms with E-state index in [0.717, 1.165) is 18.4 Å². The molecule has 0 aliphatic heterocycles. The van der Waals surface area contributed by atoms with E-state index < -0.39 is 6.17 Å². The summed E-state index contributed by atoms with van der Waals surface area (Å²) in [4.78, 5) is 23.6. The van der Waals surface area contributed by atoms with E-state index in [1.54, 1.807) is 13.2 Å². The lowest BCUT2D eigenvalue weighted by molar-refractivity contribution is -0.121. The van der Waals surface area contributed by atoms with Crippen LogP contribution in [0.15, 0.2) is 18.2 Å². The van der Waals surface area contributed by atoms with Gasteiger partial charge in [-0.2, -0.15) is 0 Å². The van der Waals surface area contributed by atoms with Crippen molar-refractivity contribution in [3.63, 3.8) is 0 Å². The van der Waals surface area contributed by atoms with Crippen LogP contribution in [0.4, 0.5) is 0 Å². The number of nitrogens with one attached hydrogen (secondary N) is 2. The van der Waals surface area contributed by atoms with E-state index in [1.807, 2.05) is 57.3 Å². The Morgan fingerprint density at radius 3 is 2.23 bits per heavy atom. The fraction of sp³-hybridized carbons (Fsp3) is 0.556. The number of halogens is 2. The fourth-order valence-corrected chi connectivity index (χ4v) is 2.74. The summed E-state index contributed by atoms with van der Waals surface area (Å²) in [5.74, 6) is 0.932. The summed E-state index contributed by atoms with van der Waals surface area (Å²) >= 11 is 3.96. The second kappa shape index (κ2) is 13.4. The zero-order valence-electron chi connectivity index (χ0n) is 15.1. The molecule has 1 rings (SSSR count). The summed E-state index contributed by atoms with van der Waals surface area (Å²) in [5.41, 5.74) is 0.733. The maximum atomic E-state index is 11.8. The zero-order chi connectivity index (χ0) is 19.4. The van der Waals surface area contributed by atoms with E-state index in [4.69, 9.17) is 9.47 Å². The van der Waals surface area contributed by atoms with Gasteiger partial charge in [-0.3, -0.25) is 9.59 Å². The number of amides is 2. The molecular formula is C18H26I2N2O4. The first kappa shape index (κ1) is 23.3. The Morgan fingerprint density at radius 2 is 1.69 bits per heavy atom. The van der Waals surface area contributed by atoms with Gasteiger partial charge in [-0.25, -0.2) is 0 Å². The third kappa shape index (κ3) is 8.28. The van der Waals surface area contributed by atoms with Crippen LogP contribution < -0.4 is 20.1 Å². The van der Waals surface area contributed by atoms with Crippen LogP contribution in [0.3, 0.4) is 0 Å². The fourth-order valence-electron chi connectivity index (χ4n) is 2.30. The molecule has 0 aliphatic carbocycles. The molecule has 6 nitrogen and oxygen atoms in total. The summed E-state index contributed by atoms with van der Waals surface area (Å²) in [6, 6.07) is 5.43. The number of benzene rings is 1. The number of methoxy groups -OCH3 is 1. The number of rotatable bonds is 12. The van der Waals surface area contributed by atoms with E-state index in [-0.39, 0.29) is 11.8 Å². The molecule has 0 heterocycles. The van der Waals surface area contributed by atoms with E-state index in [2.05, 4.69) is 17.6 Å². The molecule has 0 fully saturated rings. The third-order valence-corrected chi connectivity index (χ3v) is 5.02. The summed E-state index contributed by atoms with van der Waals surface area (Å²) in [7, 11) is 1.57. The number of hydrogen-bond donors (Lipinski definition) is 2. The molecule has 0 radical (unpaired) electrons. The van der Waals surface area contributed by atoms with E-state index >= 15 is 0 Å². The van der Waals surface area contributed by atoms with Crippen molar-refractivity contribution in [3.05, 3.63) is 23.8 Å². The molecule has 0 atom stereocenters. The topological polar surface area (TPSA) is 76.7 Å². The maximum Gasteiger partial charge on any atom is 0.231 e. The lowest BCUT2D eigenvalue weighted by Crippen LogP contribution is -2.41. The van der Waals surface area contributed by atoms with Crippen LogP contribution >= 0.6 is 45.2 Å². The zero-order valence-corrected chi connectivity index (χ0v) is 19.5. The van der Waals surface area contributed by atoms with Crippen LogP contribution in [0.5, 0.6) is 11.5 Å². The van der Waals surface area contributed by atoms with Crippen molar-refractivity contribution in [1.29, 1.82) is 0 Å². The number of unbranched alkanes of at least 4 members (excludes halogenated alkanes) is 3. The maximum absolute atomic E-state index is 11.8. The molecule has 0 bridgehead atoms. The van der Waals surface area contributed by atoms with Gasteiger partial charge in [0.1, 0.15) is 6.17 Å². The summed E-state index contributed by atoms with van der Waals surface area (Å²) < 4.78 is 11.9. The van der Waals surface area contributed by atoms with Crippen molar-refractivity contribution in [3.8, 4) is 11.5 Å². The van der Waals surface area contributed by atoms with Crippen LogP contribution in [0.1, 0.15) is 44.3 Å². The van der Waals surface area contributed by atoms with Gasteiger partial charge < -0.3 is 20.1 Å². The minimum Gasteiger partial charge on any atom is -0.493 e. The average Bonchev–Trinajstić information content (AvgIpc) is 2.66. The van der Waals surface area contributed by atoms with Gasteiger partial charge in [0.2, 0.25) is 11.8 Å². The normalized spacial score (nSPS) is 10.5. The Hall–Kier alpha value is -0.780. The number of carbonyl (C=O) groups excluding carboxylic acids is 2. The van der Waals surface area contributed by atoms with Crippen LogP contribution in [0, 0.1) is 0 Å². The van der Waals surface area contributed by atoms with Gasteiger partial charge in [-0.05, 0) is 24.1 Å². The highest BCUT2D eigenvalue weighted by Crippen LogP contribution is 2.30. The minimum atomic E-state index is -0.605. The number of alkyl halides is 2. The van der Waals surface area contributed by atoms with Crippen molar-refractivity contribution >= 4 is 57.0 Å². The van der Waals surface area contributed by atoms with Crippen LogP contribution in [-0.4, -0.2) is 34.4 Å². The predicted octanol–water partition coefficient (Wildman–Crippen LogP) is 3.76. The monoisotopic (exact) mass is 588 g/mol. The van der Waals surface area contributed by atoms with Gasteiger partial charge in [0.15, 0.2) is 11.5 Å². The molecule has 0 saturated carbocycles. The molecule has 0 spiro atoms. The lowest BCUT2D eigenvalue weighted by atomic mass is 10.1. The second-order valence-electron chi connectivity index (χ2n) is 5.65. The van der Waals surface area contributed by atoms with Crippen LogP contribution in [0.25, 0.3) is 0 Å². The largest absolute Gasteiger partial charge is 0.493 e. The van der Waals surface area contributed by atoms with Gasteiger partial charge in [-0.15, -0.1) is 0 Å². The van der Waals surface area contributed by atoms with Crippen LogP contribution in [-0.2, 0) is 9.59 Å². The average molecular weight is 588 g/mol. The molecule has 26 heavy (non-hydrogen) atoms. The Bertz CT molecular complexity index is 566. The Balaban J connectivity index is 2.87. The van der Waals surface area contributed by atoms with Gasteiger partial charge in [0, 0.05) is 0 Å². The number of hydrogen-bond acceptors (Lipinski definition) is 4. The third-order valence-electron chi connectivity index (χ3n) is 3.63. The molecule has 0 aliphatic rings. The van der Waals surface area contributed by atoms with Crippen LogP contribution in [0.2, 0.25) is 0 Å². The van der Waals surface area contributed by atoms with Crippen molar-refractivity contribution in [2.45, 2.75) is 38.8 Å². The number of carbonyl (C=O) groups is 2. The molecule has 2 amide bonds. The van der Waals surface area contributed by atoms with E-state index in [1.165, 1.54) is 12.8 Å². The first-order valence-electron chi connectivity index (χ1n) is 8.57. The molecule has 1 aromatic carbocycles. The molecule has 146 valence electrons. The van der Waals surface area contributed by atoms with Gasteiger partial charge >= 0.3 is 0 Å². The molecule has 1 aromatic rings. The second-order valence-corrected chi connectivity index (χ2v) is 7.18. The number of ether oxygens (including phenoxy) is 2. The Kier molecular flexibility index (Phi) is 12.0. The predicted molar refractivity (Wildman–Crippen MR) is 119 cm³/mol. The molecule has 8 heteroatoms. The van der Waals surface area contributed by atoms with Gasteiger partial charge in [-0.1, -0.05) is 77.4 Å². The highest BCUT2D eigenvalue weighted by molar-refractivity contribution is 14.1. The minimum absolute atomic E-state index is 0.153. The molecular weight excluding hydrogens is 562 g/mol. The molecule has 0 saturated heterocycles. The SMILES string of the molecule is CCCCCCOc1ccc(C(NC(=O)CI)NC(=O)CI)cc1OC. The van der Waals surface area contributed by atoms with E-state index in [0.29, 0.717) is 27.0 Å². The van der Waals surface area contributed by atoms with Crippen molar-refractivity contribution in [1.82, 2.24) is 10.6 Å². The highest BCUT2D eigenvalue weighted by atomic mass is 127. The highest BCUT2D eigenvalue weighted by Gasteiger charge is 2.18. The summed E-state index contributed by atoms with van der Waals surface area (Å²) in [6.45, 7) is 2.81. The van der Waals surface area contributed by atoms with Crippen molar-refractivity contribution in [2.75, 3.05) is 22.6 Å².